The van der Waals surface area contributed by atoms with Crippen molar-refractivity contribution in [2.75, 3.05) is 32.8 Å². The van der Waals surface area contributed by atoms with Gasteiger partial charge in [-0.15, -0.1) is 0 Å². The van der Waals surface area contributed by atoms with Crippen LogP contribution in [0.1, 0.15) is 33.1 Å². The Morgan fingerprint density at radius 1 is 1.29 bits per heavy atom. The lowest BCUT2D eigenvalue weighted by Gasteiger charge is -2.32. The van der Waals surface area contributed by atoms with Gasteiger partial charge >= 0.3 is 0 Å². The molecule has 1 heterocycles. The minimum Gasteiger partial charge on any atom is -0.494 e. The molecular formula is C18H30N2O. The molecule has 0 aromatic heterocycles. The molecular weight excluding hydrogens is 260 g/mol. The summed E-state index contributed by atoms with van der Waals surface area (Å²) in [6.07, 6.45) is 3.60. The Balaban J connectivity index is 1.68. The molecule has 118 valence electrons. The lowest BCUT2D eigenvalue weighted by molar-refractivity contribution is 0.182. The predicted molar refractivity (Wildman–Crippen MR) is 88.9 cm³/mol. The summed E-state index contributed by atoms with van der Waals surface area (Å²) in [5.74, 6) is 1.71. The largest absolute Gasteiger partial charge is 0.494 e. The van der Waals surface area contributed by atoms with Crippen LogP contribution in [0, 0.1) is 5.92 Å². The van der Waals surface area contributed by atoms with Crippen molar-refractivity contribution in [1.82, 2.24) is 10.2 Å². The summed E-state index contributed by atoms with van der Waals surface area (Å²) in [6, 6.07) is 10.8. The van der Waals surface area contributed by atoms with Gasteiger partial charge in [0, 0.05) is 19.1 Å². The summed E-state index contributed by atoms with van der Waals surface area (Å²) >= 11 is 0. The van der Waals surface area contributed by atoms with Crippen molar-refractivity contribution in [1.29, 1.82) is 0 Å². The highest BCUT2D eigenvalue weighted by Crippen LogP contribution is 2.11. The minimum atomic E-state index is 0.691. The predicted octanol–water partition coefficient (Wildman–Crippen LogP) is 3.17. The summed E-state index contributed by atoms with van der Waals surface area (Å²) in [4.78, 5) is 2.61. The van der Waals surface area contributed by atoms with E-state index in [0.29, 0.717) is 6.04 Å². The van der Waals surface area contributed by atoms with Gasteiger partial charge in [-0.25, -0.2) is 0 Å². The maximum absolute atomic E-state index is 5.78. The molecule has 1 aliphatic rings. The molecule has 1 aromatic carbocycles. The van der Waals surface area contributed by atoms with Crippen LogP contribution in [0.2, 0.25) is 0 Å². The molecule has 1 N–H and O–H groups in total. The van der Waals surface area contributed by atoms with Crippen molar-refractivity contribution in [3.63, 3.8) is 0 Å². The summed E-state index contributed by atoms with van der Waals surface area (Å²) in [6.45, 7) is 10.1. The molecule has 1 fully saturated rings. The average Bonchev–Trinajstić information content (AvgIpc) is 2.50. The Morgan fingerprint density at radius 2 is 2.10 bits per heavy atom. The Labute approximate surface area is 129 Å². The molecule has 0 amide bonds. The van der Waals surface area contributed by atoms with E-state index in [0.717, 1.165) is 37.8 Å². The Kier molecular flexibility index (Phi) is 7.04. The zero-order valence-corrected chi connectivity index (χ0v) is 13.6. The van der Waals surface area contributed by atoms with Crippen LogP contribution in [-0.2, 0) is 0 Å². The Bertz CT molecular complexity index is 382. The molecule has 0 aliphatic carbocycles. The van der Waals surface area contributed by atoms with Crippen LogP contribution in [-0.4, -0.2) is 43.7 Å². The first-order chi connectivity index (χ1) is 10.3. The number of para-hydroxylation sites is 1. The van der Waals surface area contributed by atoms with Crippen LogP contribution in [0.15, 0.2) is 30.3 Å². The number of hydrogen-bond acceptors (Lipinski definition) is 3. The van der Waals surface area contributed by atoms with E-state index in [4.69, 9.17) is 4.74 Å². The van der Waals surface area contributed by atoms with E-state index in [1.54, 1.807) is 0 Å². The maximum atomic E-state index is 5.78. The third-order valence-electron chi connectivity index (χ3n) is 4.24. The van der Waals surface area contributed by atoms with Gasteiger partial charge in [0.15, 0.2) is 0 Å². The van der Waals surface area contributed by atoms with E-state index < -0.39 is 0 Å². The molecule has 21 heavy (non-hydrogen) atoms. The second-order valence-electron chi connectivity index (χ2n) is 6.22. The normalized spacial score (nSPS) is 24.3. The van der Waals surface area contributed by atoms with Crippen LogP contribution in [0.25, 0.3) is 0 Å². The molecule has 2 unspecified atom stereocenters. The summed E-state index contributed by atoms with van der Waals surface area (Å²) < 4.78 is 5.78. The summed E-state index contributed by atoms with van der Waals surface area (Å²) in [7, 11) is 0. The van der Waals surface area contributed by atoms with Crippen LogP contribution in [0.5, 0.6) is 5.75 Å². The molecule has 0 saturated carbocycles. The van der Waals surface area contributed by atoms with E-state index in [9.17, 15) is 0 Å². The van der Waals surface area contributed by atoms with Crippen LogP contribution < -0.4 is 10.1 Å². The summed E-state index contributed by atoms with van der Waals surface area (Å²) in [5.41, 5.74) is 0. The fourth-order valence-electron chi connectivity index (χ4n) is 2.95. The molecule has 0 spiro atoms. The van der Waals surface area contributed by atoms with Gasteiger partial charge in [0.25, 0.3) is 0 Å². The summed E-state index contributed by atoms with van der Waals surface area (Å²) in [5, 5.41) is 3.68. The molecule has 1 aromatic rings. The van der Waals surface area contributed by atoms with Gasteiger partial charge in [-0.1, -0.05) is 32.0 Å². The molecule has 1 saturated heterocycles. The van der Waals surface area contributed by atoms with Crippen molar-refractivity contribution in [2.45, 2.75) is 39.2 Å². The third-order valence-corrected chi connectivity index (χ3v) is 4.24. The molecule has 3 heteroatoms. The maximum Gasteiger partial charge on any atom is 0.119 e. The number of hydrogen-bond donors (Lipinski definition) is 1. The topological polar surface area (TPSA) is 24.5 Å². The minimum absolute atomic E-state index is 0.691. The van der Waals surface area contributed by atoms with E-state index >= 15 is 0 Å². The van der Waals surface area contributed by atoms with Gasteiger partial charge < -0.3 is 15.0 Å². The highest BCUT2D eigenvalue weighted by molar-refractivity contribution is 5.20. The standard InChI is InChI=1S/C18H30N2O/c1-3-17-10-12-20(15-16(2)14-19-17)11-7-13-21-18-8-5-4-6-9-18/h4-6,8-9,16-17,19H,3,7,10-15H2,1-2H3. The van der Waals surface area contributed by atoms with Gasteiger partial charge in [-0.2, -0.15) is 0 Å². The Hall–Kier alpha value is -1.06. The van der Waals surface area contributed by atoms with Crippen LogP contribution in [0.3, 0.4) is 0 Å². The zero-order valence-electron chi connectivity index (χ0n) is 13.6. The fourth-order valence-corrected chi connectivity index (χ4v) is 2.95. The molecule has 0 bridgehead atoms. The van der Waals surface area contributed by atoms with E-state index in [1.165, 1.54) is 25.9 Å². The second kappa shape index (κ2) is 9.06. The van der Waals surface area contributed by atoms with Crippen LogP contribution in [0.4, 0.5) is 0 Å². The number of nitrogens with one attached hydrogen (secondary N) is 1. The zero-order chi connectivity index (χ0) is 14.9. The van der Waals surface area contributed by atoms with Gasteiger partial charge in [0.1, 0.15) is 5.75 Å². The monoisotopic (exact) mass is 290 g/mol. The lowest BCUT2D eigenvalue weighted by Crippen LogP contribution is -2.43. The molecule has 1 aliphatic heterocycles. The molecule has 2 atom stereocenters. The number of nitrogens with zero attached hydrogens (tertiary/aromatic N) is 1. The second-order valence-corrected chi connectivity index (χ2v) is 6.22. The highest BCUT2D eigenvalue weighted by Gasteiger charge is 2.17. The van der Waals surface area contributed by atoms with Crippen molar-refractivity contribution in [3.8, 4) is 5.75 Å². The Morgan fingerprint density at radius 3 is 2.86 bits per heavy atom. The smallest absolute Gasteiger partial charge is 0.119 e. The van der Waals surface area contributed by atoms with Gasteiger partial charge in [0.2, 0.25) is 0 Å². The molecule has 2 rings (SSSR count). The van der Waals surface area contributed by atoms with E-state index in [1.807, 2.05) is 30.3 Å². The number of rotatable bonds is 6. The highest BCUT2D eigenvalue weighted by atomic mass is 16.5. The van der Waals surface area contributed by atoms with E-state index in [-0.39, 0.29) is 0 Å². The average molecular weight is 290 g/mol. The first kappa shape index (κ1) is 16.3. The lowest BCUT2D eigenvalue weighted by atomic mass is 10.0. The van der Waals surface area contributed by atoms with Gasteiger partial charge in [-0.3, -0.25) is 0 Å². The quantitative estimate of drug-likeness (QED) is 0.815. The first-order valence-corrected chi connectivity index (χ1v) is 8.41. The third kappa shape index (κ3) is 6.06. The van der Waals surface area contributed by atoms with Crippen molar-refractivity contribution >= 4 is 0 Å². The first-order valence-electron chi connectivity index (χ1n) is 8.41. The number of benzene rings is 1. The van der Waals surface area contributed by atoms with Crippen molar-refractivity contribution in [3.05, 3.63) is 30.3 Å². The SMILES string of the molecule is CCC1CCN(CCCOc2ccccc2)CC(C)CN1. The van der Waals surface area contributed by atoms with Crippen molar-refractivity contribution in [2.24, 2.45) is 5.92 Å². The van der Waals surface area contributed by atoms with Gasteiger partial charge in [-0.05, 0) is 50.4 Å². The van der Waals surface area contributed by atoms with Crippen LogP contribution >= 0.6 is 0 Å². The van der Waals surface area contributed by atoms with E-state index in [2.05, 4.69) is 24.1 Å². The molecule has 0 radical (unpaired) electrons. The molecule has 3 nitrogen and oxygen atoms in total. The fraction of sp³-hybridized carbons (Fsp3) is 0.667. The number of ether oxygens (including phenoxy) is 1. The van der Waals surface area contributed by atoms with Gasteiger partial charge in [0.05, 0.1) is 6.61 Å². The van der Waals surface area contributed by atoms with Crippen molar-refractivity contribution < 1.29 is 4.74 Å².